The average Bonchev–Trinajstić information content (AvgIpc) is 2.73. The molecule has 7 heteroatoms. The highest BCUT2D eigenvalue weighted by Gasteiger charge is 2.41. The first-order chi connectivity index (χ1) is 14.0. The van der Waals surface area contributed by atoms with Gasteiger partial charge in [0.2, 0.25) is 0 Å². The number of carbonyl (C=O) groups is 1. The summed E-state index contributed by atoms with van der Waals surface area (Å²) in [6, 6.07) is 17.1. The quantitative estimate of drug-likeness (QED) is 0.616. The van der Waals surface area contributed by atoms with E-state index in [0.29, 0.717) is 23.3 Å². The lowest BCUT2D eigenvalue weighted by Crippen LogP contribution is -2.28. The van der Waals surface area contributed by atoms with Crippen LogP contribution in [0.2, 0.25) is 0 Å². The highest BCUT2D eigenvalue weighted by Crippen LogP contribution is 2.47. The number of aliphatic hydroxyl groups is 1. The number of nitro groups is 1. The fourth-order valence-corrected chi connectivity index (χ4v) is 3.95. The number of allylic oxidation sites excluding steroid dienone is 3. The SMILES string of the molecule is N#CC1=C(O)OC2=C(C(=O)C[C@H](c3ccccc3)C2)[C@@H]1c1ccc([N+](=O)[O-])cc1. The largest absolute Gasteiger partial charge is 0.480 e. The van der Waals surface area contributed by atoms with Crippen LogP contribution in [-0.2, 0) is 9.53 Å². The van der Waals surface area contributed by atoms with Crippen molar-refractivity contribution in [2.24, 2.45) is 0 Å². The second-order valence-corrected chi connectivity index (χ2v) is 6.99. The van der Waals surface area contributed by atoms with E-state index >= 15 is 0 Å². The first-order valence-corrected chi connectivity index (χ1v) is 9.06. The van der Waals surface area contributed by atoms with Crippen LogP contribution in [0.5, 0.6) is 0 Å². The molecule has 0 radical (unpaired) electrons. The van der Waals surface area contributed by atoms with Gasteiger partial charge in [0.15, 0.2) is 5.78 Å². The first-order valence-electron chi connectivity index (χ1n) is 9.06. The van der Waals surface area contributed by atoms with Gasteiger partial charge >= 0.3 is 0 Å². The maximum absolute atomic E-state index is 13.1. The number of aliphatic hydroxyl groups excluding tert-OH is 1. The molecule has 0 fully saturated rings. The number of carbonyl (C=O) groups excluding carboxylic acids is 1. The van der Waals surface area contributed by atoms with Gasteiger partial charge in [-0.1, -0.05) is 42.5 Å². The van der Waals surface area contributed by atoms with E-state index in [0.717, 1.165) is 5.56 Å². The van der Waals surface area contributed by atoms with Gasteiger partial charge in [-0.2, -0.15) is 5.26 Å². The van der Waals surface area contributed by atoms with Crippen molar-refractivity contribution in [1.29, 1.82) is 5.26 Å². The highest BCUT2D eigenvalue weighted by atomic mass is 16.6. The van der Waals surface area contributed by atoms with E-state index in [4.69, 9.17) is 4.74 Å². The van der Waals surface area contributed by atoms with Gasteiger partial charge in [0.05, 0.1) is 10.8 Å². The molecule has 144 valence electrons. The van der Waals surface area contributed by atoms with Crippen LogP contribution in [0.1, 0.15) is 35.8 Å². The third-order valence-electron chi connectivity index (χ3n) is 5.32. The van der Waals surface area contributed by atoms with Crippen molar-refractivity contribution >= 4 is 11.5 Å². The van der Waals surface area contributed by atoms with Crippen LogP contribution in [0.4, 0.5) is 5.69 Å². The van der Waals surface area contributed by atoms with E-state index in [2.05, 4.69) is 0 Å². The fourth-order valence-electron chi connectivity index (χ4n) is 3.95. The number of hydrogen-bond acceptors (Lipinski definition) is 6. The molecule has 1 N–H and O–H groups in total. The Hall–Kier alpha value is -3.92. The summed E-state index contributed by atoms with van der Waals surface area (Å²) in [7, 11) is 0. The fraction of sp³-hybridized carbons (Fsp3) is 0.182. The van der Waals surface area contributed by atoms with E-state index in [1.54, 1.807) is 0 Å². The van der Waals surface area contributed by atoms with Crippen LogP contribution in [0.15, 0.2) is 77.4 Å². The molecule has 1 aliphatic carbocycles. The van der Waals surface area contributed by atoms with Crippen molar-refractivity contribution in [1.82, 2.24) is 0 Å². The van der Waals surface area contributed by atoms with E-state index in [-0.39, 0.29) is 29.4 Å². The molecule has 0 saturated heterocycles. The van der Waals surface area contributed by atoms with Crippen molar-refractivity contribution in [3.8, 4) is 6.07 Å². The minimum atomic E-state index is -0.811. The predicted octanol–water partition coefficient (Wildman–Crippen LogP) is 4.40. The van der Waals surface area contributed by atoms with Gasteiger partial charge in [0, 0.05) is 30.5 Å². The molecule has 2 aromatic carbocycles. The summed E-state index contributed by atoms with van der Waals surface area (Å²) in [5.74, 6) is -1.25. The normalized spacial score (nSPS) is 21.3. The smallest absolute Gasteiger partial charge is 0.297 e. The Labute approximate surface area is 166 Å². The molecule has 2 atom stereocenters. The monoisotopic (exact) mass is 388 g/mol. The Balaban J connectivity index is 1.77. The van der Waals surface area contributed by atoms with Crippen LogP contribution in [0, 0.1) is 21.4 Å². The Morgan fingerprint density at radius 3 is 2.38 bits per heavy atom. The van der Waals surface area contributed by atoms with Gasteiger partial charge < -0.3 is 9.84 Å². The van der Waals surface area contributed by atoms with Crippen LogP contribution in [0.25, 0.3) is 0 Å². The minimum absolute atomic E-state index is 0.0795. The van der Waals surface area contributed by atoms with Crippen molar-refractivity contribution in [3.63, 3.8) is 0 Å². The Kier molecular flexibility index (Phi) is 4.61. The summed E-state index contributed by atoms with van der Waals surface area (Å²) in [6.07, 6.45) is 0.673. The predicted molar refractivity (Wildman–Crippen MR) is 103 cm³/mol. The van der Waals surface area contributed by atoms with Crippen LogP contribution in [-0.4, -0.2) is 15.8 Å². The molecule has 29 heavy (non-hydrogen) atoms. The van der Waals surface area contributed by atoms with Crippen LogP contribution < -0.4 is 0 Å². The Morgan fingerprint density at radius 1 is 1.07 bits per heavy atom. The van der Waals surface area contributed by atoms with Gasteiger partial charge in [-0.05, 0) is 17.0 Å². The summed E-state index contributed by atoms with van der Waals surface area (Å²) in [6.45, 7) is 0. The summed E-state index contributed by atoms with van der Waals surface area (Å²) in [5.41, 5.74) is 1.67. The summed E-state index contributed by atoms with van der Waals surface area (Å²) in [4.78, 5) is 23.5. The number of nitrogens with zero attached hydrogens (tertiary/aromatic N) is 2. The number of ether oxygens (including phenoxy) is 1. The average molecular weight is 388 g/mol. The van der Waals surface area contributed by atoms with Gasteiger partial charge in [-0.25, -0.2) is 0 Å². The number of nitro benzene ring substituents is 1. The molecule has 0 spiro atoms. The number of ketones is 1. The summed E-state index contributed by atoms with van der Waals surface area (Å²) in [5, 5.41) is 30.8. The molecule has 0 aromatic heterocycles. The topological polar surface area (TPSA) is 113 Å². The summed E-state index contributed by atoms with van der Waals surface area (Å²) >= 11 is 0. The summed E-state index contributed by atoms with van der Waals surface area (Å²) < 4.78 is 5.49. The highest BCUT2D eigenvalue weighted by molar-refractivity contribution is 6.00. The molecule has 1 heterocycles. The van der Waals surface area contributed by atoms with Crippen LogP contribution in [0.3, 0.4) is 0 Å². The third kappa shape index (κ3) is 3.25. The van der Waals surface area contributed by atoms with Crippen molar-refractivity contribution < 1.29 is 19.6 Å². The molecule has 0 bridgehead atoms. The number of nitriles is 1. The number of non-ortho nitro benzene ring substituents is 1. The molecule has 7 nitrogen and oxygen atoms in total. The zero-order valence-electron chi connectivity index (χ0n) is 15.2. The van der Waals surface area contributed by atoms with E-state index in [9.17, 15) is 25.3 Å². The first kappa shape index (κ1) is 18.4. The van der Waals surface area contributed by atoms with E-state index in [1.807, 2.05) is 36.4 Å². The van der Waals surface area contributed by atoms with Crippen molar-refractivity contribution in [2.75, 3.05) is 0 Å². The lowest BCUT2D eigenvalue weighted by atomic mass is 9.74. The van der Waals surface area contributed by atoms with Gasteiger partial charge in [0.1, 0.15) is 17.4 Å². The van der Waals surface area contributed by atoms with Gasteiger partial charge in [0.25, 0.3) is 11.6 Å². The van der Waals surface area contributed by atoms with Gasteiger partial charge in [-0.15, -0.1) is 0 Å². The zero-order valence-corrected chi connectivity index (χ0v) is 15.2. The lowest BCUT2D eigenvalue weighted by molar-refractivity contribution is -0.384. The number of rotatable bonds is 3. The van der Waals surface area contributed by atoms with Crippen LogP contribution >= 0.6 is 0 Å². The molecular formula is C22H16N2O5. The van der Waals surface area contributed by atoms with Crippen molar-refractivity contribution in [2.45, 2.75) is 24.7 Å². The van der Waals surface area contributed by atoms with Crippen molar-refractivity contribution in [3.05, 3.63) is 98.7 Å². The maximum Gasteiger partial charge on any atom is 0.297 e. The molecule has 4 rings (SSSR count). The Morgan fingerprint density at radius 2 is 1.76 bits per heavy atom. The second kappa shape index (κ2) is 7.24. The maximum atomic E-state index is 13.1. The molecule has 0 unspecified atom stereocenters. The number of benzene rings is 2. The lowest BCUT2D eigenvalue weighted by Gasteiger charge is -2.33. The van der Waals surface area contributed by atoms with Gasteiger partial charge in [-0.3, -0.25) is 14.9 Å². The molecule has 2 aromatic rings. The third-order valence-corrected chi connectivity index (χ3v) is 5.32. The zero-order chi connectivity index (χ0) is 20.5. The molecular weight excluding hydrogens is 372 g/mol. The molecule has 1 aliphatic heterocycles. The van der Waals surface area contributed by atoms with E-state index in [1.165, 1.54) is 24.3 Å². The molecule has 0 amide bonds. The number of Topliss-reactive ketones (excluding diaryl/α,β-unsaturated/α-hetero) is 1. The molecule has 2 aliphatic rings. The number of hydrogen-bond donors (Lipinski definition) is 1. The standard InChI is InChI=1S/C22H16N2O5/c23-12-17-20(14-6-8-16(9-7-14)24(27)28)21-18(25)10-15(11-19(21)29-22(17)26)13-4-2-1-3-5-13/h1-9,15,20,26H,10-11H2/t15-,20+/m0/s1. The van der Waals surface area contributed by atoms with E-state index < -0.39 is 16.8 Å². The second-order valence-electron chi connectivity index (χ2n) is 6.99. The Bertz CT molecular complexity index is 1090. The molecule has 0 saturated carbocycles. The minimum Gasteiger partial charge on any atom is -0.480 e.